The zero-order valence-electron chi connectivity index (χ0n) is 71.3. The summed E-state index contributed by atoms with van der Waals surface area (Å²) in [6.07, 6.45) is -0.996. The van der Waals surface area contributed by atoms with Crippen molar-refractivity contribution in [1.82, 2.24) is 14.5 Å². The summed E-state index contributed by atoms with van der Waals surface area (Å²) < 4.78 is 323. The number of fused-ring (bicyclic) bond motifs is 1. The first-order valence-corrected chi connectivity index (χ1v) is 19.2. The average Bonchev–Trinajstić information content (AvgIpc) is 1.10. The topological polar surface area (TPSA) is 50.9 Å². The molecule has 0 fully saturated rings. The molecule has 0 saturated carbocycles. The van der Waals surface area contributed by atoms with E-state index >= 15 is 0 Å². The smallest absolute Gasteiger partial charge is 0.148 e. The molecule has 5 heteroatoms. The summed E-state index contributed by atoms with van der Waals surface area (Å²) in [5.41, 5.74) is -22.5. The van der Waals surface area contributed by atoms with E-state index in [1.54, 1.807) is 39.0 Å². The van der Waals surface area contributed by atoms with Gasteiger partial charge in [-0.25, -0.2) is 4.98 Å². The van der Waals surface area contributed by atoms with Crippen LogP contribution in [-0.2, 0) is 42.7 Å². The van der Waals surface area contributed by atoms with Gasteiger partial charge in [0.1, 0.15) is 11.6 Å². The van der Waals surface area contributed by atoms with Crippen molar-refractivity contribution in [3.05, 3.63) is 167 Å². The molecule has 1 N–H and O–H groups in total. The summed E-state index contributed by atoms with van der Waals surface area (Å²) in [4.78, 5) is 9.19. The number of hydrogen-bond donors (Lipinski definition) is 1. The fourth-order valence-electron chi connectivity index (χ4n) is 7.10. The molecule has 330 valence electrons. The Kier molecular flexibility index (Phi) is 5.00. The first-order chi connectivity index (χ1) is 45.0. The molecule has 0 radical (unpaired) electrons. The third-order valence-corrected chi connectivity index (χ3v) is 10.3. The molecule has 6 aromatic carbocycles. The van der Waals surface area contributed by atoms with E-state index in [0.717, 1.165) is 10.6 Å². The van der Waals surface area contributed by atoms with E-state index in [0.29, 0.717) is 11.6 Å². The van der Waals surface area contributed by atoms with Crippen molar-refractivity contribution in [3.63, 3.8) is 0 Å². The van der Waals surface area contributed by atoms with Gasteiger partial charge in [-0.15, -0.1) is 29.3 Å². The van der Waals surface area contributed by atoms with Gasteiger partial charge in [-0.2, -0.15) is 0 Å². The minimum Gasteiger partial charge on any atom is -0.507 e. The van der Waals surface area contributed by atoms with Crippen LogP contribution in [0.2, 0.25) is 0 Å². The maximum absolute atomic E-state index is 13.1. The van der Waals surface area contributed by atoms with Crippen molar-refractivity contribution in [1.29, 1.82) is 0 Å². The largest absolute Gasteiger partial charge is 0.507 e. The van der Waals surface area contributed by atoms with E-state index in [1.165, 1.54) is 54.6 Å². The first-order valence-electron chi connectivity index (χ1n) is 37.7. The molecule has 8 rings (SSSR count). The fraction of sp³-hybridized carbons (Fsp3) is 0.288. The first kappa shape index (κ1) is 18.7. The summed E-state index contributed by atoms with van der Waals surface area (Å²) in [7, 11) is 0. The maximum atomic E-state index is 13.1. The molecule has 4 nitrogen and oxygen atoms in total. The van der Waals surface area contributed by atoms with Crippen LogP contribution < -0.4 is 0 Å². The van der Waals surface area contributed by atoms with Crippen molar-refractivity contribution in [2.75, 3.05) is 0 Å². The van der Waals surface area contributed by atoms with Gasteiger partial charge in [0.25, 0.3) is 0 Å². The van der Waals surface area contributed by atoms with Gasteiger partial charge in [0.2, 0.25) is 0 Å². The molecular formula is C59H62N3OPt-. The number of imidazole rings is 1. The monoisotopic (exact) mass is 1060 g/mol. The second-order valence-electron chi connectivity index (χ2n) is 16.1. The summed E-state index contributed by atoms with van der Waals surface area (Å²) in [5.74, 6) is -2.41. The molecule has 0 aliphatic heterocycles. The van der Waals surface area contributed by atoms with Gasteiger partial charge < -0.3 is 5.11 Å². The van der Waals surface area contributed by atoms with Gasteiger partial charge in [0.05, 0.1) is 31.9 Å². The molecule has 0 aliphatic rings. The van der Waals surface area contributed by atoms with Crippen LogP contribution in [0, 0.1) is 12.9 Å². The van der Waals surface area contributed by atoms with Crippen LogP contribution in [0.25, 0.3) is 72.7 Å². The minimum absolute atomic E-state index is 0. The number of aromatic hydroxyl groups is 1. The molecule has 0 atom stereocenters. The van der Waals surface area contributed by atoms with Gasteiger partial charge in [-0.3, -0.25) is 9.55 Å². The molecule has 0 aliphatic carbocycles. The number of nitrogens with zero attached hydrogens (tertiary/aromatic N) is 3. The van der Waals surface area contributed by atoms with E-state index in [4.69, 9.17) is 51.6 Å². The second-order valence-corrected chi connectivity index (χ2v) is 16.1. The molecule has 8 aromatic rings. The predicted molar refractivity (Wildman–Crippen MR) is 266 cm³/mol. The summed E-state index contributed by atoms with van der Waals surface area (Å²) >= 11 is 0. The number of aromatic nitrogens is 3. The number of rotatable bonds is 6. The average molecular weight is 1060 g/mol. The zero-order chi connectivity index (χ0) is 76.3. The third kappa shape index (κ3) is 9.18. The summed E-state index contributed by atoms with van der Waals surface area (Å²) in [5, 5.41) is 13.1. The fourth-order valence-corrected chi connectivity index (χ4v) is 7.10. The van der Waals surface area contributed by atoms with Crippen LogP contribution in [0.5, 0.6) is 5.75 Å². The summed E-state index contributed by atoms with van der Waals surface area (Å²) in [6, 6.07) is 14.7. The number of phenols is 1. The second kappa shape index (κ2) is 17.1. The Morgan fingerprint density at radius 3 is 1.98 bits per heavy atom. The van der Waals surface area contributed by atoms with E-state index < -0.39 is 183 Å². The van der Waals surface area contributed by atoms with E-state index in [1.807, 2.05) is 0 Å². The molecule has 0 unspecified atom stereocenters. The normalized spacial score (nSPS) is 22.8. The Labute approximate surface area is 448 Å². The standard InChI is InChI=1S/C59H62N3O.Pt/c1-37-22-27-51(47(30-37)39-18-15-14-16-19-39)62-52-21-17-20-46(53(52)61-55(62)48-35-45(58(8,9)10)36-49(54(48)63)59(11,12)13)41-31-42(33-44(32-41)57(5,6)7)50-34-40(28-29-60-50)38-23-25-43(26-24-38)56(2,3)4;/h14-30,32-36,63H,1-13H3;/q-1;/i1D3,2D3,3D3,4D3,8D3,9D3,10D3,11D3,12D3,13D3,23D,24D,25D,26D,28D,29D,34D;. The molecule has 64 heavy (non-hydrogen) atoms. The Balaban J connectivity index is 0.0000143. The number of para-hydroxylation sites is 1. The number of aryl methyl sites for hydroxylation is 1. The van der Waals surface area contributed by atoms with E-state index in [9.17, 15) is 9.22 Å². The van der Waals surface area contributed by atoms with Crippen molar-refractivity contribution in [2.24, 2.45) is 0 Å². The van der Waals surface area contributed by atoms with Crippen molar-refractivity contribution in [2.45, 2.75) is 111 Å². The van der Waals surface area contributed by atoms with Crippen LogP contribution in [-0.4, -0.2) is 19.6 Å². The Bertz CT molecular complexity index is 4390. The molecule has 0 spiro atoms. The van der Waals surface area contributed by atoms with Crippen LogP contribution in [0.4, 0.5) is 0 Å². The van der Waals surface area contributed by atoms with Gasteiger partial charge in [0, 0.05) is 85.2 Å². The van der Waals surface area contributed by atoms with E-state index in [2.05, 4.69) is 11.1 Å². The summed E-state index contributed by atoms with van der Waals surface area (Å²) in [6.45, 7) is -35.7. The van der Waals surface area contributed by atoms with Gasteiger partial charge in [-0.05, 0) is 86.6 Å². The molecule has 0 amide bonds. The Hall–Kier alpha value is -5.57. The minimum atomic E-state index is -4.36. The number of benzene rings is 6. The molecule has 0 bridgehead atoms. The van der Waals surface area contributed by atoms with Crippen molar-refractivity contribution in [3.8, 4) is 67.5 Å². The third-order valence-electron chi connectivity index (χ3n) is 10.3. The van der Waals surface area contributed by atoms with Crippen LogP contribution in [0.15, 0.2) is 133 Å². The molecule has 2 heterocycles. The quantitative estimate of drug-likeness (QED) is 0.169. The van der Waals surface area contributed by atoms with Crippen molar-refractivity contribution >= 4 is 11.0 Å². The number of phenolic OH excluding ortho intramolecular Hbond substituents is 1. The zero-order valence-corrected chi connectivity index (χ0v) is 36.5. The van der Waals surface area contributed by atoms with Crippen LogP contribution in [0.1, 0.15) is 161 Å². The molecule has 0 saturated heterocycles. The molecule has 2 aromatic heterocycles. The van der Waals surface area contributed by atoms with Gasteiger partial charge in [0.15, 0.2) is 0 Å². The van der Waals surface area contributed by atoms with Gasteiger partial charge >= 0.3 is 0 Å². The Morgan fingerprint density at radius 1 is 0.609 bits per heavy atom. The van der Waals surface area contributed by atoms with E-state index in [-0.39, 0.29) is 77.2 Å². The predicted octanol–water partition coefficient (Wildman–Crippen LogP) is 15.8. The Morgan fingerprint density at radius 2 is 1.30 bits per heavy atom. The number of hydrogen-bond acceptors (Lipinski definition) is 3. The molecular weight excluding hydrogens is 962 g/mol. The maximum Gasteiger partial charge on any atom is 0.148 e. The van der Waals surface area contributed by atoms with Crippen LogP contribution >= 0.6 is 0 Å². The van der Waals surface area contributed by atoms with Crippen LogP contribution in [0.3, 0.4) is 0 Å². The SMILES string of the molecule is [2H]c1nc(-c2[c-]c(-c3cccc4c3nc(-c3cc(C(C([2H])([2H])[2H])(C([2H])([2H])[2H])C([2H])([2H])[2H])cc(C(C([2H])([2H])[2H])(C([2H])([2H])[2H])C([2H])([2H])[2H])c3O)n4-c3ccc(C([2H])([2H])[2H])cc3-c3ccccc3)cc(C(C)(C)C)c2)c([2H])c(-c2c([2H])c([2H])c(C(C([2H])([2H])[2H])(C([2H])([2H])[2H])C([2H])([2H])[2H])c([2H])c2[2H])c1[2H].[Pt]. The van der Waals surface area contributed by atoms with Crippen molar-refractivity contribution < 1.29 is 76.9 Å². The number of pyridine rings is 1. The van der Waals surface area contributed by atoms with Gasteiger partial charge in [-0.1, -0.05) is 184 Å².